The van der Waals surface area contributed by atoms with Crippen molar-refractivity contribution >= 4 is 34.0 Å². The van der Waals surface area contributed by atoms with Crippen molar-refractivity contribution in [2.45, 2.75) is 70.6 Å². The van der Waals surface area contributed by atoms with Crippen molar-refractivity contribution in [1.29, 1.82) is 0 Å². The number of quaternary nitrogens is 1. The van der Waals surface area contributed by atoms with Crippen LogP contribution >= 0.6 is 0 Å². The Labute approximate surface area is 276 Å². The van der Waals surface area contributed by atoms with Gasteiger partial charge in [-0.2, -0.15) is 14.5 Å². The monoisotopic (exact) mass is 648 g/mol. The highest BCUT2D eigenvalue weighted by Crippen LogP contribution is 2.38. The summed E-state index contributed by atoms with van der Waals surface area (Å²) in [4.78, 5) is 32.7. The minimum Gasteiger partial charge on any atom is -0.484 e. The maximum atomic E-state index is 14.8. The highest BCUT2D eigenvalue weighted by Gasteiger charge is 2.59. The van der Waals surface area contributed by atoms with Gasteiger partial charge in [0, 0.05) is 17.4 Å². The minimum absolute atomic E-state index is 0.0356. The van der Waals surface area contributed by atoms with Gasteiger partial charge in [0.15, 0.2) is 12.1 Å². The number of furan rings is 1. The number of nitrogens with zero attached hydrogens (tertiary/aromatic N) is 6. The summed E-state index contributed by atoms with van der Waals surface area (Å²) in [5.41, 5.74) is 4.87. The molecule has 246 valence electrons. The summed E-state index contributed by atoms with van der Waals surface area (Å²) in [7, 11) is 0. The number of ether oxygens (including phenoxy) is 1. The molecule has 0 saturated carbocycles. The van der Waals surface area contributed by atoms with E-state index in [2.05, 4.69) is 27.5 Å². The number of unbranched alkanes of at least 4 members (excludes halogenated alkanes) is 3. The molecule has 7 rings (SSSR count). The molecule has 0 bridgehead atoms. The van der Waals surface area contributed by atoms with Crippen molar-refractivity contribution in [3.63, 3.8) is 0 Å². The normalized spacial score (nSPS) is 20.0. The van der Waals surface area contributed by atoms with E-state index in [1.165, 1.54) is 0 Å². The summed E-state index contributed by atoms with van der Waals surface area (Å²) in [6, 6.07) is 19.9. The largest absolute Gasteiger partial charge is 0.521 e. The van der Waals surface area contributed by atoms with E-state index in [9.17, 15) is 14.7 Å². The van der Waals surface area contributed by atoms with Gasteiger partial charge in [-0.1, -0.05) is 62.9 Å². The van der Waals surface area contributed by atoms with Crippen LogP contribution in [0.15, 0.2) is 83.7 Å². The highest BCUT2D eigenvalue weighted by atomic mass is 16.5. The number of benzene rings is 3. The van der Waals surface area contributed by atoms with E-state index >= 15 is 0 Å². The lowest BCUT2D eigenvalue weighted by atomic mass is 9.98. The number of hydrogen-bond donors (Lipinski definition) is 2. The molecule has 4 heterocycles. The number of aromatic nitrogens is 6. The van der Waals surface area contributed by atoms with Crippen LogP contribution in [0.2, 0.25) is 0 Å². The fourth-order valence-electron chi connectivity index (χ4n) is 7.17. The molecule has 0 aliphatic carbocycles. The fourth-order valence-corrected chi connectivity index (χ4v) is 7.17. The first kappa shape index (κ1) is 31.3. The highest BCUT2D eigenvalue weighted by molar-refractivity contribution is 5.89. The Morgan fingerprint density at radius 1 is 1.08 bits per heavy atom. The van der Waals surface area contributed by atoms with Gasteiger partial charge in [0.1, 0.15) is 23.9 Å². The fraction of sp³-hybridized carbons (Fsp3) is 0.333. The first-order valence-corrected chi connectivity index (χ1v) is 16.5. The Kier molecular flexibility index (Phi) is 8.49. The number of aromatic amines is 1. The molecule has 12 nitrogen and oxygen atoms in total. The lowest BCUT2D eigenvalue weighted by molar-refractivity contribution is -0.795. The van der Waals surface area contributed by atoms with E-state index in [1.54, 1.807) is 12.6 Å². The van der Waals surface area contributed by atoms with E-state index in [0.29, 0.717) is 29.9 Å². The Bertz CT molecular complexity index is 2070. The Morgan fingerprint density at radius 2 is 1.94 bits per heavy atom. The van der Waals surface area contributed by atoms with Gasteiger partial charge in [0.05, 0.1) is 23.6 Å². The Hall–Kier alpha value is -5.36. The number of hydrogen-bond acceptors (Lipinski definition) is 8. The van der Waals surface area contributed by atoms with E-state index in [-0.39, 0.29) is 12.5 Å². The zero-order valence-corrected chi connectivity index (χ0v) is 27.0. The molecule has 0 spiro atoms. The van der Waals surface area contributed by atoms with Crippen molar-refractivity contribution in [3.05, 3.63) is 79.3 Å². The number of fused-ring (bicyclic) bond motifs is 2. The number of imide groups is 1. The predicted octanol–water partition coefficient (Wildman–Crippen LogP) is 7.40. The molecule has 2 amide bonds. The van der Waals surface area contributed by atoms with E-state index < -0.39 is 28.8 Å². The smallest absolute Gasteiger partial charge is 0.484 e. The molecule has 2 N–H and O–H groups in total. The minimum atomic E-state index is -1.16. The first-order valence-electron chi connectivity index (χ1n) is 16.5. The maximum Gasteiger partial charge on any atom is 0.521 e. The van der Waals surface area contributed by atoms with Crippen LogP contribution in [-0.2, 0) is 4.79 Å². The first-order chi connectivity index (χ1) is 23.4. The molecule has 1 unspecified atom stereocenters. The van der Waals surface area contributed by atoms with Crippen LogP contribution in [0.4, 0.5) is 4.79 Å². The zero-order chi connectivity index (χ0) is 33.3. The second kappa shape index (κ2) is 13.0. The molecule has 3 aromatic carbocycles. The number of tetrazole rings is 1. The number of amides is 2. The molecular weight excluding hydrogens is 610 g/mol. The van der Waals surface area contributed by atoms with E-state index in [1.807, 2.05) is 78.2 Å². The summed E-state index contributed by atoms with van der Waals surface area (Å²) in [6.07, 6.45) is 6.46. The summed E-state index contributed by atoms with van der Waals surface area (Å²) in [5, 5.41) is 26.2. The number of likely N-dealkylation sites (tertiary alicyclic amines) is 1. The number of nitrogens with one attached hydrogen (secondary N) is 1. The zero-order valence-electron chi connectivity index (χ0n) is 27.0. The van der Waals surface area contributed by atoms with E-state index in [0.717, 1.165) is 58.9 Å². The summed E-state index contributed by atoms with van der Waals surface area (Å²) in [5.74, 6) is 0.752. The van der Waals surface area contributed by atoms with Crippen molar-refractivity contribution in [2.75, 3.05) is 6.54 Å². The number of H-pyrrole nitrogens is 1. The third-order valence-electron chi connectivity index (χ3n) is 9.66. The lowest BCUT2D eigenvalue weighted by Crippen LogP contribution is -2.61. The van der Waals surface area contributed by atoms with Crippen molar-refractivity contribution < 1.29 is 28.3 Å². The van der Waals surface area contributed by atoms with Crippen LogP contribution in [0.25, 0.3) is 44.5 Å². The molecule has 48 heavy (non-hydrogen) atoms. The molecule has 1 aliphatic heterocycles. The van der Waals surface area contributed by atoms with Gasteiger partial charge in [0.2, 0.25) is 5.82 Å². The standard InChI is InChI=1S/C36H37N7O5/c1-3-4-5-6-11-32(35(44)43(36(45)46)21-27(18-23(43)2)48-26-13-15-33-25(19-26)16-17-47-33)42-22-37-30-20-24(12-14-31(30)42)28-9-7-8-10-29(28)34-38-40-41-39-34/h7-10,12-17,19-20,22-23,27,32H,3-6,11,18,21H2,1-2H3,(H-,38,39,40,41,45,46)/p+1/t23-,27-,32?,43-/m1/s1. The molecule has 6 aromatic rings. The third kappa shape index (κ3) is 5.62. The van der Waals surface area contributed by atoms with Gasteiger partial charge in [-0.25, -0.2) is 9.78 Å². The lowest BCUT2D eigenvalue weighted by Gasteiger charge is -2.33. The summed E-state index contributed by atoms with van der Waals surface area (Å²) in [6.45, 7) is 4.01. The average molecular weight is 649 g/mol. The van der Waals surface area contributed by atoms with Crippen LogP contribution in [0.1, 0.15) is 58.4 Å². The van der Waals surface area contributed by atoms with Crippen molar-refractivity contribution in [1.82, 2.24) is 30.2 Å². The van der Waals surface area contributed by atoms with E-state index in [4.69, 9.17) is 14.1 Å². The van der Waals surface area contributed by atoms with Crippen molar-refractivity contribution in [2.24, 2.45) is 0 Å². The second-order valence-corrected chi connectivity index (χ2v) is 12.6. The number of carboxylic acid groups (broad SMARTS) is 1. The third-order valence-corrected chi connectivity index (χ3v) is 9.66. The van der Waals surface area contributed by atoms with Gasteiger partial charge in [0.25, 0.3) is 0 Å². The van der Waals surface area contributed by atoms with Crippen LogP contribution in [0.5, 0.6) is 5.75 Å². The van der Waals surface area contributed by atoms with Crippen LogP contribution in [-0.4, -0.2) is 70.5 Å². The number of carbonyl (C=O) groups excluding carboxylic acids is 1. The van der Waals surface area contributed by atoms with Gasteiger partial charge in [-0.15, -0.1) is 10.2 Å². The van der Waals surface area contributed by atoms with Crippen LogP contribution in [0.3, 0.4) is 0 Å². The Balaban J connectivity index is 1.21. The maximum absolute atomic E-state index is 14.8. The topological polar surface area (TPSA) is 149 Å². The number of imidazole rings is 1. The summed E-state index contributed by atoms with van der Waals surface area (Å²) < 4.78 is 12.9. The molecule has 1 fully saturated rings. The molecule has 1 aliphatic rings. The second-order valence-electron chi connectivity index (χ2n) is 12.6. The molecule has 3 aromatic heterocycles. The average Bonchev–Trinajstić information content (AvgIpc) is 3.91. The van der Waals surface area contributed by atoms with Gasteiger partial charge in [-0.05, 0) is 66.1 Å². The van der Waals surface area contributed by atoms with Crippen molar-refractivity contribution in [3.8, 4) is 28.3 Å². The molecule has 0 radical (unpaired) electrons. The number of carbonyl (C=O) groups is 2. The van der Waals surface area contributed by atoms with Crippen LogP contribution < -0.4 is 4.74 Å². The molecule has 12 heteroatoms. The SMILES string of the molecule is CCCCCCC(C(=O)[N@@+]1(C(=O)O)C[C@H](Oc2ccc3occc3c2)C[C@H]1C)n1cnc2cc(-c3ccccc3-c3nn[nH]n3)ccc21. The molecule has 1 saturated heterocycles. The quantitative estimate of drug-likeness (QED) is 0.108. The summed E-state index contributed by atoms with van der Waals surface area (Å²) >= 11 is 0. The molecule has 4 atom stereocenters. The van der Waals surface area contributed by atoms with Crippen LogP contribution in [0, 0.1) is 0 Å². The Morgan fingerprint density at radius 3 is 2.73 bits per heavy atom. The molecular formula is C36H38N7O5+. The van der Waals surface area contributed by atoms with Gasteiger partial charge in [-0.3, -0.25) is 0 Å². The van der Waals surface area contributed by atoms with Gasteiger partial charge < -0.3 is 18.8 Å². The number of rotatable bonds is 11. The van der Waals surface area contributed by atoms with Gasteiger partial charge >= 0.3 is 12.0 Å². The predicted molar refractivity (Wildman–Crippen MR) is 179 cm³/mol.